The van der Waals surface area contributed by atoms with Gasteiger partial charge in [-0.2, -0.15) is 0 Å². The number of hydrogen-bond donors (Lipinski definition) is 2. The number of para-hydroxylation sites is 1. The van der Waals surface area contributed by atoms with Crippen LogP contribution in [0.3, 0.4) is 0 Å². The molecule has 1 aliphatic heterocycles. The number of carbonyl (C=O) groups excluding carboxylic acids is 2. The topological polar surface area (TPSA) is 61.4 Å². The molecule has 2 rings (SSSR count). The third-order valence-corrected chi connectivity index (χ3v) is 4.16. The van der Waals surface area contributed by atoms with E-state index in [1.807, 2.05) is 6.07 Å². The van der Waals surface area contributed by atoms with Crippen molar-refractivity contribution in [2.24, 2.45) is 5.92 Å². The number of nitrogens with zero attached hydrogens (tertiary/aromatic N) is 1. The van der Waals surface area contributed by atoms with Gasteiger partial charge in [0.2, 0.25) is 5.91 Å². The summed E-state index contributed by atoms with van der Waals surface area (Å²) in [7, 11) is 2.11. The van der Waals surface area contributed by atoms with E-state index in [0.717, 1.165) is 25.9 Å². The summed E-state index contributed by atoms with van der Waals surface area (Å²) in [6.07, 6.45) is 4.23. The van der Waals surface area contributed by atoms with Crippen LogP contribution < -0.4 is 10.6 Å². The summed E-state index contributed by atoms with van der Waals surface area (Å²) in [6.45, 7) is 6.06. The van der Waals surface area contributed by atoms with Crippen molar-refractivity contribution in [1.29, 1.82) is 0 Å². The van der Waals surface area contributed by atoms with Gasteiger partial charge in [0.05, 0.1) is 11.3 Å². The number of anilines is 1. The fourth-order valence-corrected chi connectivity index (χ4v) is 2.78. The van der Waals surface area contributed by atoms with Gasteiger partial charge < -0.3 is 15.5 Å². The van der Waals surface area contributed by atoms with Crippen LogP contribution >= 0.6 is 0 Å². The van der Waals surface area contributed by atoms with Gasteiger partial charge >= 0.3 is 0 Å². The van der Waals surface area contributed by atoms with Gasteiger partial charge in [-0.15, -0.1) is 6.58 Å². The van der Waals surface area contributed by atoms with Crippen molar-refractivity contribution < 1.29 is 9.59 Å². The maximum Gasteiger partial charge on any atom is 0.253 e. The van der Waals surface area contributed by atoms with E-state index in [9.17, 15) is 9.59 Å². The second-order valence-corrected chi connectivity index (χ2v) is 6.04. The van der Waals surface area contributed by atoms with Crippen LogP contribution in [0.15, 0.2) is 36.9 Å². The number of rotatable bonds is 6. The summed E-state index contributed by atoms with van der Waals surface area (Å²) in [5.41, 5.74) is 1.04. The largest absolute Gasteiger partial charge is 0.349 e. The molecule has 1 saturated heterocycles. The molecule has 0 spiro atoms. The van der Waals surface area contributed by atoms with E-state index in [4.69, 9.17) is 0 Å². The predicted octanol–water partition coefficient (Wildman–Crippen LogP) is 2.27. The number of amides is 2. The third-order valence-electron chi connectivity index (χ3n) is 4.16. The molecule has 0 unspecified atom stereocenters. The van der Waals surface area contributed by atoms with Crippen molar-refractivity contribution in [2.45, 2.75) is 19.3 Å². The Bertz CT molecular complexity index is 563. The fourth-order valence-electron chi connectivity index (χ4n) is 2.78. The Morgan fingerprint density at radius 1 is 1.30 bits per heavy atom. The van der Waals surface area contributed by atoms with Gasteiger partial charge in [0.15, 0.2) is 0 Å². The number of benzene rings is 1. The van der Waals surface area contributed by atoms with E-state index in [0.29, 0.717) is 30.1 Å². The van der Waals surface area contributed by atoms with E-state index in [2.05, 4.69) is 29.2 Å². The SMILES string of the molecule is C=CCNC(=O)c1ccccc1NC(=O)CC1CCN(C)CC1. The number of hydrogen-bond acceptors (Lipinski definition) is 3. The highest BCUT2D eigenvalue weighted by molar-refractivity contribution is 6.03. The minimum Gasteiger partial charge on any atom is -0.349 e. The lowest BCUT2D eigenvalue weighted by atomic mass is 9.93. The number of carbonyl (C=O) groups is 2. The molecule has 0 radical (unpaired) electrons. The summed E-state index contributed by atoms with van der Waals surface area (Å²) >= 11 is 0. The van der Waals surface area contributed by atoms with E-state index in [-0.39, 0.29) is 11.8 Å². The maximum atomic E-state index is 12.3. The zero-order chi connectivity index (χ0) is 16.7. The summed E-state index contributed by atoms with van der Waals surface area (Å²) in [5, 5.41) is 5.62. The Morgan fingerprint density at radius 2 is 2.00 bits per heavy atom. The molecule has 2 amide bonds. The molecule has 0 bridgehead atoms. The van der Waals surface area contributed by atoms with Crippen LogP contribution in [-0.4, -0.2) is 43.4 Å². The normalized spacial score (nSPS) is 15.9. The zero-order valence-electron chi connectivity index (χ0n) is 13.7. The Kier molecular flexibility index (Phi) is 6.35. The highest BCUT2D eigenvalue weighted by atomic mass is 16.2. The maximum absolute atomic E-state index is 12.3. The standard InChI is InChI=1S/C18H25N3O2/c1-3-10-19-18(23)15-6-4-5-7-16(15)20-17(22)13-14-8-11-21(2)12-9-14/h3-7,14H,1,8-13H2,2H3,(H,19,23)(H,20,22). The highest BCUT2D eigenvalue weighted by Crippen LogP contribution is 2.21. The van der Waals surface area contributed by atoms with Crippen LogP contribution in [0, 0.1) is 5.92 Å². The van der Waals surface area contributed by atoms with Crippen LogP contribution in [0.4, 0.5) is 5.69 Å². The molecule has 1 fully saturated rings. The first-order valence-electron chi connectivity index (χ1n) is 8.06. The third kappa shape index (κ3) is 5.21. The Balaban J connectivity index is 1.95. The van der Waals surface area contributed by atoms with Gasteiger partial charge in [0.25, 0.3) is 5.91 Å². The van der Waals surface area contributed by atoms with Crippen molar-refractivity contribution in [1.82, 2.24) is 10.2 Å². The monoisotopic (exact) mass is 315 g/mol. The molecule has 0 aromatic heterocycles. The van der Waals surface area contributed by atoms with Gasteiger partial charge in [0.1, 0.15) is 0 Å². The van der Waals surface area contributed by atoms with Crippen LogP contribution in [0.1, 0.15) is 29.6 Å². The first kappa shape index (κ1) is 17.2. The smallest absolute Gasteiger partial charge is 0.253 e. The molecule has 5 nitrogen and oxygen atoms in total. The molecule has 2 N–H and O–H groups in total. The Labute approximate surface area is 137 Å². The second kappa shape index (κ2) is 8.48. The fraction of sp³-hybridized carbons (Fsp3) is 0.444. The molecule has 1 aliphatic rings. The van der Waals surface area contributed by atoms with Crippen LogP contribution in [0.2, 0.25) is 0 Å². The molecule has 0 aliphatic carbocycles. The summed E-state index contributed by atoms with van der Waals surface area (Å²) in [6, 6.07) is 7.07. The van der Waals surface area contributed by atoms with Gasteiger partial charge in [-0.25, -0.2) is 0 Å². The average molecular weight is 315 g/mol. The molecule has 1 heterocycles. The summed E-state index contributed by atoms with van der Waals surface area (Å²) in [4.78, 5) is 26.7. The first-order chi connectivity index (χ1) is 11.1. The number of likely N-dealkylation sites (tertiary alicyclic amines) is 1. The molecule has 1 aromatic rings. The lowest BCUT2D eigenvalue weighted by Crippen LogP contribution is -2.32. The van der Waals surface area contributed by atoms with E-state index >= 15 is 0 Å². The van der Waals surface area contributed by atoms with E-state index in [1.165, 1.54) is 0 Å². The minimum absolute atomic E-state index is 0.0245. The number of nitrogens with one attached hydrogen (secondary N) is 2. The quantitative estimate of drug-likeness (QED) is 0.792. The molecule has 1 aromatic carbocycles. The molecule has 124 valence electrons. The van der Waals surface area contributed by atoms with Crippen molar-refractivity contribution in [3.63, 3.8) is 0 Å². The van der Waals surface area contributed by atoms with Gasteiger partial charge in [-0.05, 0) is 51.0 Å². The van der Waals surface area contributed by atoms with Crippen molar-refractivity contribution >= 4 is 17.5 Å². The highest BCUT2D eigenvalue weighted by Gasteiger charge is 2.20. The van der Waals surface area contributed by atoms with Crippen LogP contribution in [0.5, 0.6) is 0 Å². The first-order valence-corrected chi connectivity index (χ1v) is 8.06. The summed E-state index contributed by atoms with van der Waals surface area (Å²) < 4.78 is 0. The molecule has 23 heavy (non-hydrogen) atoms. The Hall–Kier alpha value is -2.14. The van der Waals surface area contributed by atoms with E-state index in [1.54, 1.807) is 24.3 Å². The van der Waals surface area contributed by atoms with Gasteiger partial charge in [-0.1, -0.05) is 18.2 Å². The Morgan fingerprint density at radius 3 is 2.70 bits per heavy atom. The lowest BCUT2D eigenvalue weighted by Gasteiger charge is -2.28. The van der Waals surface area contributed by atoms with Crippen LogP contribution in [0.25, 0.3) is 0 Å². The minimum atomic E-state index is -0.208. The van der Waals surface area contributed by atoms with Crippen LogP contribution in [-0.2, 0) is 4.79 Å². The predicted molar refractivity (Wildman–Crippen MR) is 92.4 cm³/mol. The molecule has 0 saturated carbocycles. The van der Waals surface area contributed by atoms with Crippen molar-refractivity contribution in [3.8, 4) is 0 Å². The zero-order valence-corrected chi connectivity index (χ0v) is 13.7. The molecular formula is C18H25N3O2. The summed E-state index contributed by atoms with van der Waals surface area (Å²) in [5.74, 6) is 0.191. The van der Waals surface area contributed by atoms with Crippen molar-refractivity contribution in [3.05, 3.63) is 42.5 Å². The van der Waals surface area contributed by atoms with E-state index < -0.39 is 0 Å². The lowest BCUT2D eigenvalue weighted by molar-refractivity contribution is -0.117. The number of piperidine rings is 1. The van der Waals surface area contributed by atoms with Gasteiger partial charge in [0, 0.05) is 13.0 Å². The van der Waals surface area contributed by atoms with Gasteiger partial charge in [-0.3, -0.25) is 9.59 Å². The molecular weight excluding hydrogens is 290 g/mol. The average Bonchev–Trinajstić information content (AvgIpc) is 2.55. The van der Waals surface area contributed by atoms with Crippen molar-refractivity contribution in [2.75, 3.05) is 32.0 Å². The second-order valence-electron chi connectivity index (χ2n) is 6.04. The molecule has 5 heteroatoms. The molecule has 0 atom stereocenters.